The zero-order valence-electron chi connectivity index (χ0n) is 14.2. The van der Waals surface area contributed by atoms with Gasteiger partial charge in [-0.2, -0.15) is 0 Å². The average molecular weight is 409 g/mol. The summed E-state index contributed by atoms with van der Waals surface area (Å²) in [5.74, 6) is 1.48. The number of nitrogens with zero attached hydrogens (tertiary/aromatic N) is 3. The highest BCUT2D eigenvalue weighted by atomic mass is 35.5. The van der Waals surface area contributed by atoms with Gasteiger partial charge >= 0.3 is 0 Å². The van der Waals surface area contributed by atoms with Crippen molar-refractivity contribution in [3.63, 3.8) is 0 Å². The van der Waals surface area contributed by atoms with E-state index in [4.69, 9.17) is 16.3 Å². The van der Waals surface area contributed by atoms with E-state index in [9.17, 15) is 4.79 Å². The van der Waals surface area contributed by atoms with Gasteiger partial charge in [-0.05, 0) is 36.6 Å². The van der Waals surface area contributed by atoms with Crippen molar-refractivity contribution < 1.29 is 4.74 Å². The van der Waals surface area contributed by atoms with Crippen LogP contribution in [0.25, 0.3) is 0 Å². The van der Waals surface area contributed by atoms with Crippen molar-refractivity contribution in [1.29, 1.82) is 0 Å². The molecule has 0 spiro atoms. The third kappa shape index (κ3) is 4.20. The number of methoxy groups -OCH3 is 1. The molecule has 1 N–H and O–H groups in total. The van der Waals surface area contributed by atoms with Crippen LogP contribution in [-0.2, 0) is 12.3 Å². The summed E-state index contributed by atoms with van der Waals surface area (Å²) in [5.41, 5.74) is 0.423. The summed E-state index contributed by atoms with van der Waals surface area (Å²) in [5, 5.41) is 14.4. The fourth-order valence-corrected chi connectivity index (χ4v) is 4.31. The summed E-state index contributed by atoms with van der Waals surface area (Å²) in [6.45, 7) is 2.42. The first-order valence-electron chi connectivity index (χ1n) is 7.85. The van der Waals surface area contributed by atoms with Crippen LogP contribution in [0.1, 0.15) is 11.8 Å². The lowest BCUT2D eigenvalue weighted by Gasteiger charge is -2.11. The Morgan fingerprint density at radius 1 is 1.35 bits per heavy atom. The molecule has 0 aliphatic rings. The van der Waals surface area contributed by atoms with Crippen LogP contribution < -0.4 is 15.6 Å². The Morgan fingerprint density at radius 2 is 2.19 bits per heavy atom. The molecule has 0 amide bonds. The first-order chi connectivity index (χ1) is 12.6. The Hall–Kier alpha value is -2.03. The van der Waals surface area contributed by atoms with E-state index in [1.54, 1.807) is 41.2 Å². The Bertz CT molecular complexity index is 944. The van der Waals surface area contributed by atoms with Crippen LogP contribution in [0.3, 0.4) is 0 Å². The summed E-state index contributed by atoms with van der Waals surface area (Å²) < 4.78 is 6.74. The molecule has 0 aliphatic carbocycles. The van der Waals surface area contributed by atoms with Crippen molar-refractivity contribution in [1.82, 2.24) is 14.8 Å². The Morgan fingerprint density at radius 3 is 2.85 bits per heavy atom. The minimum absolute atomic E-state index is 0.161. The van der Waals surface area contributed by atoms with Crippen LogP contribution in [0.4, 0.5) is 11.5 Å². The van der Waals surface area contributed by atoms with Crippen LogP contribution in [0.5, 0.6) is 5.75 Å². The molecule has 0 unspecified atom stereocenters. The maximum atomic E-state index is 12.7. The van der Waals surface area contributed by atoms with Gasteiger partial charge in [-0.15, -0.1) is 21.5 Å². The van der Waals surface area contributed by atoms with Crippen LogP contribution in [-0.4, -0.2) is 21.9 Å². The number of rotatable bonds is 7. The van der Waals surface area contributed by atoms with Crippen molar-refractivity contribution in [2.24, 2.45) is 0 Å². The first kappa shape index (κ1) is 18.8. The van der Waals surface area contributed by atoms with Crippen LogP contribution in [0, 0.1) is 0 Å². The van der Waals surface area contributed by atoms with Crippen LogP contribution >= 0.6 is 34.7 Å². The number of thioether (sulfide) groups is 1. The lowest BCUT2D eigenvalue weighted by atomic mass is 10.3. The van der Waals surface area contributed by atoms with Crippen molar-refractivity contribution in [2.45, 2.75) is 24.4 Å². The molecule has 136 valence electrons. The zero-order valence-corrected chi connectivity index (χ0v) is 16.6. The van der Waals surface area contributed by atoms with Crippen LogP contribution in [0.2, 0.25) is 5.02 Å². The van der Waals surface area contributed by atoms with Gasteiger partial charge in [0.1, 0.15) is 5.75 Å². The van der Waals surface area contributed by atoms with Gasteiger partial charge in [0.15, 0.2) is 5.16 Å². The second-order valence-electron chi connectivity index (χ2n) is 5.22. The van der Waals surface area contributed by atoms with Crippen molar-refractivity contribution in [3.8, 4) is 5.75 Å². The molecule has 0 aliphatic heterocycles. The van der Waals surface area contributed by atoms with Gasteiger partial charge in [0, 0.05) is 22.9 Å². The molecule has 0 saturated heterocycles. The number of anilines is 2. The number of aromatic nitrogens is 3. The average Bonchev–Trinajstić information content (AvgIpc) is 3.16. The molecule has 9 heteroatoms. The minimum Gasteiger partial charge on any atom is -0.495 e. The molecule has 0 bridgehead atoms. The second kappa shape index (κ2) is 8.57. The molecule has 6 nitrogen and oxygen atoms in total. The van der Waals surface area contributed by atoms with Crippen molar-refractivity contribution in [3.05, 3.63) is 56.0 Å². The fourth-order valence-electron chi connectivity index (χ4n) is 2.28. The minimum atomic E-state index is -0.219. The number of halogens is 1. The molecule has 0 atom stereocenters. The van der Waals surface area contributed by atoms with E-state index in [1.165, 1.54) is 16.6 Å². The van der Waals surface area contributed by atoms with Gasteiger partial charge in [0.2, 0.25) is 5.82 Å². The van der Waals surface area contributed by atoms with Crippen LogP contribution in [0.15, 0.2) is 45.7 Å². The van der Waals surface area contributed by atoms with Gasteiger partial charge in [-0.1, -0.05) is 29.4 Å². The molecule has 26 heavy (non-hydrogen) atoms. The predicted octanol–water partition coefficient (Wildman–Crippen LogP) is 4.42. The molecule has 2 aromatic heterocycles. The molecule has 2 heterocycles. The predicted molar refractivity (Wildman–Crippen MR) is 107 cm³/mol. The van der Waals surface area contributed by atoms with Gasteiger partial charge < -0.3 is 10.1 Å². The van der Waals surface area contributed by atoms with Crippen molar-refractivity contribution in [2.75, 3.05) is 12.4 Å². The molecular weight excluding hydrogens is 392 g/mol. The lowest BCUT2D eigenvalue weighted by molar-refractivity contribution is 0.415. The summed E-state index contributed by atoms with van der Waals surface area (Å²) in [6, 6.07) is 9.23. The summed E-state index contributed by atoms with van der Waals surface area (Å²) in [7, 11) is 1.55. The molecule has 1 aromatic carbocycles. The maximum Gasteiger partial charge on any atom is 0.297 e. The Labute approximate surface area is 164 Å². The summed E-state index contributed by atoms with van der Waals surface area (Å²) in [4.78, 5) is 13.9. The highest BCUT2D eigenvalue weighted by Gasteiger charge is 2.13. The SMILES string of the molecule is CCn1c(SCc2cccs2)nnc(Nc2ccc(OC)c(Cl)c2)c1=O. The first-order valence-corrected chi connectivity index (χ1v) is 10.1. The van der Waals surface area contributed by atoms with E-state index < -0.39 is 0 Å². The quantitative estimate of drug-likeness (QED) is 0.583. The highest BCUT2D eigenvalue weighted by Crippen LogP contribution is 2.28. The largest absolute Gasteiger partial charge is 0.495 e. The van der Waals surface area contributed by atoms with Crippen molar-refractivity contribution >= 4 is 46.2 Å². The number of nitrogens with one attached hydrogen (secondary N) is 1. The summed E-state index contributed by atoms with van der Waals surface area (Å²) >= 11 is 9.30. The number of thiophene rings is 1. The normalized spacial score (nSPS) is 10.7. The maximum absolute atomic E-state index is 12.7. The molecule has 0 saturated carbocycles. The zero-order chi connectivity index (χ0) is 18.5. The third-order valence-electron chi connectivity index (χ3n) is 3.57. The van der Waals surface area contributed by atoms with Gasteiger partial charge in [-0.3, -0.25) is 9.36 Å². The highest BCUT2D eigenvalue weighted by molar-refractivity contribution is 7.98. The smallest absolute Gasteiger partial charge is 0.297 e. The van der Waals surface area contributed by atoms with E-state index in [2.05, 4.69) is 21.6 Å². The molecule has 0 fully saturated rings. The fraction of sp³-hybridized carbons (Fsp3) is 0.235. The lowest BCUT2D eigenvalue weighted by Crippen LogP contribution is -2.26. The second-order valence-corrected chi connectivity index (χ2v) is 7.60. The Kier molecular flexibility index (Phi) is 6.18. The van der Waals surface area contributed by atoms with E-state index in [0.29, 0.717) is 28.2 Å². The molecule has 0 radical (unpaired) electrons. The van der Waals surface area contributed by atoms with Gasteiger partial charge in [0.25, 0.3) is 5.56 Å². The molecule has 3 rings (SSSR count). The summed E-state index contributed by atoms with van der Waals surface area (Å²) in [6.07, 6.45) is 0. The topological polar surface area (TPSA) is 69.0 Å². The van der Waals surface area contributed by atoms with E-state index in [-0.39, 0.29) is 11.4 Å². The van der Waals surface area contributed by atoms with E-state index in [1.807, 2.05) is 18.4 Å². The molecule has 3 aromatic rings. The number of hydrogen-bond acceptors (Lipinski definition) is 7. The van der Waals surface area contributed by atoms with Gasteiger partial charge in [0.05, 0.1) is 12.1 Å². The van der Waals surface area contributed by atoms with E-state index in [0.717, 1.165) is 5.75 Å². The monoisotopic (exact) mass is 408 g/mol. The Balaban J connectivity index is 1.82. The third-order valence-corrected chi connectivity index (χ3v) is 5.94. The molecular formula is C17H17ClN4O2S2. The number of benzene rings is 1. The van der Waals surface area contributed by atoms with Gasteiger partial charge in [-0.25, -0.2) is 0 Å². The van der Waals surface area contributed by atoms with E-state index >= 15 is 0 Å². The standard InChI is InChI=1S/C17H17ClN4O2S2/c1-3-22-16(23)15(19-11-6-7-14(24-2)13(18)9-11)20-21-17(22)26-10-12-5-4-8-25-12/h4-9H,3,10H2,1-2H3,(H,19,20). The number of hydrogen-bond donors (Lipinski definition) is 1. The number of ether oxygens (including phenoxy) is 1.